The minimum absolute atomic E-state index is 0. The molecule has 0 unspecified atom stereocenters. The highest BCUT2D eigenvalue weighted by Gasteiger charge is 1.99. The van der Waals surface area contributed by atoms with Crippen molar-refractivity contribution >= 4 is 18.4 Å². The number of nitrogens with two attached hydrogens (primary N) is 1. The van der Waals surface area contributed by atoms with Crippen LogP contribution in [0.2, 0.25) is 0 Å². The van der Waals surface area contributed by atoms with E-state index in [2.05, 4.69) is 11.8 Å². The molecule has 0 aromatic rings. The van der Waals surface area contributed by atoms with Gasteiger partial charge in [-0.2, -0.15) is 5.90 Å². The van der Waals surface area contributed by atoms with Gasteiger partial charge in [-0.25, -0.2) is 0 Å². The second kappa shape index (κ2) is 20.7. The maximum absolute atomic E-state index is 10.8. The lowest BCUT2D eigenvalue weighted by atomic mass is 10.0. The summed E-state index contributed by atoms with van der Waals surface area (Å²) in [7, 11) is 0. The van der Waals surface area contributed by atoms with E-state index < -0.39 is 0 Å². The van der Waals surface area contributed by atoms with E-state index in [4.69, 9.17) is 5.90 Å². The highest BCUT2D eigenvalue weighted by atomic mass is 35.5. The molecule has 0 heterocycles. The molecule has 4 heteroatoms. The molecule has 0 rings (SSSR count). The number of halogens is 1. The fourth-order valence-corrected chi connectivity index (χ4v) is 2.70. The normalized spacial score (nSPS) is 10.3. The minimum Gasteiger partial charge on any atom is -0.373 e. The van der Waals surface area contributed by atoms with Crippen LogP contribution in [0.5, 0.6) is 0 Å². The van der Waals surface area contributed by atoms with Crippen LogP contribution < -0.4 is 5.90 Å². The summed E-state index contributed by atoms with van der Waals surface area (Å²) in [4.78, 5) is 14.9. The molecule has 0 saturated heterocycles. The van der Waals surface area contributed by atoms with Gasteiger partial charge in [0.2, 0.25) is 0 Å². The van der Waals surface area contributed by atoms with Crippen molar-refractivity contribution in [3.05, 3.63) is 0 Å². The topological polar surface area (TPSA) is 52.3 Å². The van der Waals surface area contributed by atoms with Gasteiger partial charge < -0.3 is 4.84 Å². The van der Waals surface area contributed by atoms with E-state index in [1.807, 2.05) is 0 Å². The Balaban J connectivity index is 0. The maximum Gasteiger partial charge on any atom is 0.324 e. The third kappa shape index (κ3) is 19.7. The van der Waals surface area contributed by atoms with Gasteiger partial charge in [-0.15, -0.1) is 12.4 Å². The van der Waals surface area contributed by atoms with Crippen molar-refractivity contribution in [3.8, 4) is 0 Å². The molecule has 0 amide bonds. The third-order valence-electron chi connectivity index (χ3n) is 4.12. The molecular weight excluding hydrogens is 298 g/mol. The van der Waals surface area contributed by atoms with Crippen molar-refractivity contribution in [2.75, 3.05) is 0 Å². The lowest BCUT2D eigenvalue weighted by Gasteiger charge is -2.03. The molecule has 0 aliphatic heterocycles. The van der Waals surface area contributed by atoms with E-state index in [-0.39, 0.29) is 18.4 Å². The van der Waals surface area contributed by atoms with Crippen LogP contribution in [0.4, 0.5) is 0 Å². The Kier molecular flexibility index (Phi) is 22.6. The monoisotopic (exact) mass is 335 g/mol. The number of carbonyl (C=O) groups is 1. The number of carbonyl (C=O) groups excluding carboxylic acids is 1. The molecule has 134 valence electrons. The van der Waals surface area contributed by atoms with Gasteiger partial charge in [0.15, 0.2) is 0 Å². The van der Waals surface area contributed by atoms with Gasteiger partial charge in [0.1, 0.15) is 0 Å². The molecule has 3 nitrogen and oxygen atoms in total. The van der Waals surface area contributed by atoms with Crippen molar-refractivity contribution in [1.82, 2.24) is 0 Å². The summed E-state index contributed by atoms with van der Waals surface area (Å²) in [5, 5.41) is 0. The first-order chi connectivity index (χ1) is 10.3. The lowest BCUT2D eigenvalue weighted by Crippen LogP contribution is -2.08. The summed E-state index contributed by atoms with van der Waals surface area (Å²) in [5.74, 6) is 4.50. The molecule has 0 saturated carbocycles. The Hall–Kier alpha value is -0.280. The zero-order valence-corrected chi connectivity index (χ0v) is 15.4. The van der Waals surface area contributed by atoms with Crippen molar-refractivity contribution < 1.29 is 9.63 Å². The molecule has 0 aromatic heterocycles. The van der Waals surface area contributed by atoms with Crippen LogP contribution in [-0.2, 0) is 9.63 Å². The Morgan fingerprint density at radius 2 is 1.00 bits per heavy atom. The molecular formula is C18H38ClNO2. The quantitative estimate of drug-likeness (QED) is 0.274. The van der Waals surface area contributed by atoms with Crippen LogP contribution >= 0.6 is 12.4 Å². The van der Waals surface area contributed by atoms with Gasteiger partial charge in [0.05, 0.1) is 0 Å². The van der Waals surface area contributed by atoms with Crippen LogP contribution in [0, 0.1) is 0 Å². The van der Waals surface area contributed by atoms with Gasteiger partial charge in [-0.1, -0.05) is 96.8 Å². The average molecular weight is 336 g/mol. The summed E-state index contributed by atoms with van der Waals surface area (Å²) in [6.45, 7) is 2.27. The number of hydrogen-bond donors (Lipinski definition) is 1. The fraction of sp³-hybridized carbons (Fsp3) is 0.944. The van der Waals surface area contributed by atoms with Gasteiger partial charge in [-0.05, 0) is 6.42 Å². The van der Waals surface area contributed by atoms with Crippen molar-refractivity contribution in [2.24, 2.45) is 5.90 Å². The molecule has 0 aliphatic carbocycles. The van der Waals surface area contributed by atoms with Gasteiger partial charge in [0.25, 0.3) is 0 Å². The number of rotatable bonds is 16. The highest BCUT2D eigenvalue weighted by molar-refractivity contribution is 5.85. The average Bonchev–Trinajstić information content (AvgIpc) is 2.50. The molecule has 22 heavy (non-hydrogen) atoms. The van der Waals surface area contributed by atoms with Crippen molar-refractivity contribution in [2.45, 2.75) is 110 Å². The number of unbranched alkanes of at least 4 members (excludes halogenated alkanes) is 14. The van der Waals surface area contributed by atoms with E-state index in [0.29, 0.717) is 6.42 Å². The molecule has 0 spiro atoms. The first-order valence-electron chi connectivity index (χ1n) is 9.20. The fourth-order valence-electron chi connectivity index (χ4n) is 2.70. The van der Waals surface area contributed by atoms with Crippen molar-refractivity contribution in [1.29, 1.82) is 0 Å². The molecule has 0 bridgehead atoms. The summed E-state index contributed by atoms with van der Waals surface area (Å²) in [6, 6.07) is 0. The van der Waals surface area contributed by atoms with E-state index in [0.717, 1.165) is 12.8 Å². The first kappa shape index (κ1) is 24.0. The minimum atomic E-state index is -0.287. The van der Waals surface area contributed by atoms with Crippen molar-refractivity contribution in [3.63, 3.8) is 0 Å². The molecule has 0 radical (unpaired) electrons. The first-order valence-corrected chi connectivity index (χ1v) is 9.20. The highest BCUT2D eigenvalue weighted by Crippen LogP contribution is 2.13. The Morgan fingerprint density at radius 1 is 0.682 bits per heavy atom. The summed E-state index contributed by atoms with van der Waals surface area (Å²) in [6.07, 6.45) is 20.5. The SMILES string of the molecule is CCCCCCCCCCCCCCCCCC(=O)ON.Cl. The second-order valence-corrected chi connectivity index (χ2v) is 6.19. The Morgan fingerprint density at radius 3 is 1.32 bits per heavy atom. The summed E-state index contributed by atoms with van der Waals surface area (Å²) in [5.41, 5.74) is 0. The molecule has 0 aliphatic rings. The maximum atomic E-state index is 10.8. The van der Waals surface area contributed by atoms with Crippen LogP contribution in [-0.4, -0.2) is 5.97 Å². The predicted octanol–water partition coefficient (Wildman–Crippen LogP) is 6.09. The smallest absolute Gasteiger partial charge is 0.324 e. The van der Waals surface area contributed by atoms with Crippen LogP contribution in [0.25, 0.3) is 0 Å². The summed E-state index contributed by atoms with van der Waals surface area (Å²) < 4.78 is 0. The van der Waals surface area contributed by atoms with E-state index in [9.17, 15) is 4.79 Å². The van der Waals surface area contributed by atoms with Gasteiger partial charge in [-0.3, -0.25) is 4.79 Å². The van der Waals surface area contributed by atoms with Crippen LogP contribution in [0.15, 0.2) is 0 Å². The molecule has 2 N–H and O–H groups in total. The third-order valence-corrected chi connectivity index (χ3v) is 4.12. The van der Waals surface area contributed by atoms with E-state index in [1.165, 1.54) is 83.5 Å². The zero-order chi connectivity index (χ0) is 15.6. The van der Waals surface area contributed by atoms with Gasteiger partial charge >= 0.3 is 5.97 Å². The number of hydrogen-bond acceptors (Lipinski definition) is 3. The Labute approximate surface area is 144 Å². The summed E-state index contributed by atoms with van der Waals surface area (Å²) >= 11 is 0. The zero-order valence-electron chi connectivity index (χ0n) is 14.6. The molecule has 0 atom stereocenters. The van der Waals surface area contributed by atoms with E-state index in [1.54, 1.807) is 0 Å². The van der Waals surface area contributed by atoms with Crippen LogP contribution in [0.3, 0.4) is 0 Å². The second-order valence-electron chi connectivity index (χ2n) is 6.19. The standard InChI is InChI=1S/C18H37NO2.ClH/c1-2-3-4-5-6-7-8-9-10-11-12-13-14-15-16-17-18(20)21-19;/h2-17,19H2,1H3;1H. The molecule has 0 aromatic carbocycles. The van der Waals surface area contributed by atoms with Gasteiger partial charge in [0, 0.05) is 6.42 Å². The molecule has 0 fully saturated rings. The predicted molar refractivity (Wildman–Crippen MR) is 97.1 cm³/mol. The lowest BCUT2D eigenvalue weighted by molar-refractivity contribution is -0.144. The van der Waals surface area contributed by atoms with E-state index >= 15 is 0 Å². The Bertz CT molecular complexity index is 225. The largest absolute Gasteiger partial charge is 0.373 e. The van der Waals surface area contributed by atoms with Crippen LogP contribution in [0.1, 0.15) is 110 Å².